The van der Waals surface area contributed by atoms with E-state index in [1.807, 2.05) is 0 Å². The standard InChI is InChI=1S/C22H32N4O/c27-22(23-21-19-11-17-10-18(13-19)14-20(21)12-17)24-26-8-6-25(7-9-26)15-16-4-2-1-3-5-16/h1-5,17-21H,6-15H2,(H2,23,24,27). The molecule has 4 bridgehead atoms. The van der Waals surface area contributed by atoms with Crippen LogP contribution < -0.4 is 10.7 Å². The predicted molar refractivity (Wildman–Crippen MR) is 106 cm³/mol. The molecule has 1 aliphatic heterocycles. The Morgan fingerprint density at radius 1 is 0.889 bits per heavy atom. The van der Waals surface area contributed by atoms with Gasteiger partial charge in [0.2, 0.25) is 0 Å². The van der Waals surface area contributed by atoms with Crippen LogP contribution >= 0.6 is 0 Å². The van der Waals surface area contributed by atoms with Crippen LogP contribution in [0.3, 0.4) is 0 Å². The number of piperazine rings is 1. The zero-order chi connectivity index (χ0) is 18.2. The number of nitrogens with one attached hydrogen (secondary N) is 2. The smallest absolute Gasteiger partial charge is 0.329 e. The van der Waals surface area contributed by atoms with Crippen LogP contribution in [0.2, 0.25) is 0 Å². The van der Waals surface area contributed by atoms with E-state index in [1.54, 1.807) is 0 Å². The second kappa shape index (κ2) is 7.44. The van der Waals surface area contributed by atoms with Crippen molar-refractivity contribution in [3.63, 3.8) is 0 Å². The summed E-state index contributed by atoms with van der Waals surface area (Å²) in [6.07, 6.45) is 6.83. The van der Waals surface area contributed by atoms with E-state index >= 15 is 0 Å². The van der Waals surface area contributed by atoms with Crippen molar-refractivity contribution in [3.05, 3.63) is 35.9 Å². The third kappa shape index (κ3) is 3.85. The predicted octanol–water partition coefficient (Wildman–Crippen LogP) is 2.84. The van der Waals surface area contributed by atoms with Crippen molar-refractivity contribution in [1.82, 2.24) is 20.7 Å². The van der Waals surface area contributed by atoms with Gasteiger partial charge in [-0.3, -0.25) is 10.3 Å². The van der Waals surface area contributed by atoms with Gasteiger partial charge in [0.1, 0.15) is 0 Å². The van der Waals surface area contributed by atoms with E-state index in [2.05, 4.69) is 51.0 Å². The lowest BCUT2D eigenvalue weighted by Crippen LogP contribution is -2.61. The Morgan fingerprint density at radius 2 is 1.52 bits per heavy atom. The topological polar surface area (TPSA) is 47.6 Å². The Balaban J connectivity index is 1.08. The molecule has 1 aromatic rings. The summed E-state index contributed by atoms with van der Waals surface area (Å²) in [5.41, 5.74) is 4.48. The van der Waals surface area contributed by atoms with E-state index in [1.165, 1.54) is 37.7 Å². The summed E-state index contributed by atoms with van der Waals surface area (Å²) in [5, 5.41) is 5.45. The van der Waals surface area contributed by atoms with Crippen molar-refractivity contribution >= 4 is 6.03 Å². The second-order valence-corrected chi connectivity index (χ2v) is 9.29. The lowest BCUT2D eigenvalue weighted by molar-refractivity contribution is -0.0108. The SMILES string of the molecule is O=C(NC1C2CC3CC(C2)CC1C3)NN1CCN(Cc2ccccc2)CC1. The van der Waals surface area contributed by atoms with Gasteiger partial charge in [-0.25, -0.2) is 9.80 Å². The van der Waals surface area contributed by atoms with Crippen molar-refractivity contribution < 1.29 is 4.79 Å². The van der Waals surface area contributed by atoms with E-state index in [0.717, 1.165) is 56.4 Å². The first kappa shape index (κ1) is 17.5. The van der Waals surface area contributed by atoms with Crippen LogP contribution in [0, 0.1) is 23.7 Å². The van der Waals surface area contributed by atoms with Gasteiger partial charge in [-0.2, -0.15) is 0 Å². The van der Waals surface area contributed by atoms with E-state index in [-0.39, 0.29) is 6.03 Å². The Morgan fingerprint density at radius 3 is 2.15 bits per heavy atom. The van der Waals surface area contributed by atoms with Gasteiger partial charge in [0.05, 0.1) is 0 Å². The highest BCUT2D eigenvalue weighted by atomic mass is 16.2. The third-order valence-corrected chi connectivity index (χ3v) is 7.41. The molecule has 146 valence electrons. The quantitative estimate of drug-likeness (QED) is 0.859. The van der Waals surface area contributed by atoms with Gasteiger partial charge in [0.15, 0.2) is 0 Å². The number of urea groups is 1. The van der Waals surface area contributed by atoms with Crippen LogP contribution in [0.4, 0.5) is 4.79 Å². The second-order valence-electron chi connectivity index (χ2n) is 9.29. The lowest BCUT2D eigenvalue weighted by atomic mass is 9.54. The largest absolute Gasteiger partial charge is 0.334 e. The van der Waals surface area contributed by atoms with Gasteiger partial charge in [0.25, 0.3) is 0 Å². The number of nitrogens with zero attached hydrogens (tertiary/aromatic N) is 2. The molecular weight excluding hydrogens is 336 g/mol. The maximum Gasteiger partial charge on any atom is 0.329 e. The molecule has 0 spiro atoms. The van der Waals surface area contributed by atoms with Crippen molar-refractivity contribution in [1.29, 1.82) is 0 Å². The van der Waals surface area contributed by atoms with Crippen molar-refractivity contribution in [2.45, 2.75) is 44.7 Å². The molecule has 5 aliphatic rings. The molecule has 0 radical (unpaired) electrons. The normalized spacial score (nSPS) is 35.9. The monoisotopic (exact) mass is 368 g/mol. The van der Waals surface area contributed by atoms with Crippen molar-refractivity contribution in [2.75, 3.05) is 26.2 Å². The number of benzene rings is 1. The maximum atomic E-state index is 12.6. The van der Waals surface area contributed by atoms with Gasteiger partial charge in [-0.1, -0.05) is 30.3 Å². The van der Waals surface area contributed by atoms with Gasteiger partial charge in [-0.15, -0.1) is 0 Å². The molecule has 4 aliphatic carbocycles. The molecule has 5 fully saturated rings. The summed E-state index contributed by atoms with van der Waals surface area (Å²) in [4.78, 5) is 15.1. The maximum absolute atomic E-state index is 12.6. The summed E-state index contributed by atoms with van der Waals surface area (Å²) in [7, 11) is 0. The summed E-state index contributed by atoms with van der Waals surface area (Å²) in [6, 6.07) is 11.1. The average Bonchev–Trinajstić information content (AvgIpc) is 2.67. The summed E-state index contributed by atoms with van der Waals surface area (Å²) in [5.74, 6) is 3.36. The molecular formula is C22H32N4O. The number of hydrazine groups is 1. The van der Waals surface area contributed by atoms with Crippen molar-refractivity contribution in [2.24, 2.45) is 23.7 Å². The third-order valence-electron chi connectivity index (χ3n) is 7.41. The molecule has 2 amide bonds. The summed E-state index contributed by atoms with van der Waals surface area (Å²) >= 11 is 0. The molecule has 6 rings (SSSR count). The first-order valence-corrected chi connectivity index (χ1v) is 10.8. The molecule has 4 saturated carbocycles. The number of carbonyl (C=O) groups is 1. The number of hydrogen-bond acceptors (Lipinski definition) is 3. The van der Waals surface area contributed by atoms with Crippen LogP contribution in [0.1, 0.15) is 37.7 Å². The Bertz CT molecular complexity index is 628. The molecule has 2 N–H and O–H groups in total. The van der Waals surface area contributed by atoms with Gasteiger partial charge in [-0.05, 0) is 61.3 Å². The van der Waals surface area contributed by atoms with Crippen molar-refractivity contribution in [3.8, 4) is 0 Å². The first-order valence-electron chi connectivity index (χ1n) is 10.8. The highest BCUT2D eigenvalue weighted by molar-refractivity contribution is 5.73. The fourth-order valence-electron chi connectivity index (χ4n) is 6.35. The lowest BCUT2D eigenvalue weighted by Gasteiger charge is -2.54. The van der Waals surface area contributed by atoms with Crippen LogP contribution in [0.15, 0.2) is 30.3 Å². The Kier molecular flexibility index (Phi) is 4.82. The van der Waals surface area contributed by atoms with Crippen LogP contribution in [0.5, 0.6) is 0 Å². The molecule has 5 nitrogen and oxygen atoms in total. The molecule has 5 heteroatoms. The molecule has 1 saturated heterocycles. The molecule has 0 aromatic heterocycles. The zero-order valence-corrected chi connectivity index (χ0v) is 16.1. The van der Waals surface area contributed by atoms with E-state index in [4.69, 9.17) is 0 Å². The highest BCUT2D eigenvalue weighted by Gasteiger charge is 2.48. The number of carbonyl (C=O) groups excluding carboxylic acids is 1. The zero-order valence-electron chi connectivity index (χ0n) is 16.1. The minimum atomic E-state index is 0.0176. The van der Waals surface area contributed by atoms with Gasteiger partial charge >= 0.3 is 6.03 Å². The van der Waals surface area contributed by atoms with Crippen LogP contribution in [0.25, 0.3) is 0 Å². The highest BCUT2D eigenvalue weighted by Crippen LogP contribution is 2.53. The number of rotatable bonds is 4. The number of amides is 2. The van der Waals surface area contributed by atoms with Crippen LogP contribution in [-0.4, -0.2) is 48.2 Å². The Labute approximate surface area is 162 Å². The van der Waals surface area contributed by atoms with Gasteiger partial charge < -0.3 is 5.32 Å². The average molecular weight is 369 g/mol. The molecule has 27 heavy (non-hydrogen) atoms. The summed E-state index contributed by atoms with van der Waals surface area (Å²) < 4.78 is 0. The van der Waals surface area contributed by atoms with E-state index in [9.17, 15) is 4.79 Å². The summed E-state index contributed by atoms with van der Waals surface area (Å²) in [6.45, 7) is 4.76. The minimum absolute atomic E-state index is 0.0176. The Hall–Kier alpha value is -1.59. The molecule has 1 heterocycles. The first-order chi connectivity index (χ1) is 13.2. The minimum Gasteiger partial charge on any atom is -0.334 e. The van der Waals surface area contributed by atoms with E-state index < -0.39 is 0 Å². The molecule has 0 unspecified atom stereocenters. The van der Waals surface area contributed by atoms with Crippen LogP contribution in [-0.2, 0) is 6.54 Å². The number of hydrogen-bond donors (Lipinski definition) is 2. The van der Waals surface area contributed by atoms with Gasteiger partial charge in [0, 0.05) is 38.8 Å². The fourth-order valence-corrected chi connectivity index (χ4v) is 6.35. The molecule has 1 aromatic carbocycles. The fraction of sp³-hybridized carbons (Fsp3) is 0.682. The van der Waals surface area contributed by atoms with E-state index in [0.29, 0.717) is 6.04 Å². The molecule has 0 atom stereocenters.